The minimum absolute atomic E-state index is 0.584. The summed E-state index contributed by atoms with van der Waals surface area (Å²) in [7, 11) is 0. The lowest BCUT2D eigenvalue weighted by Gasteiger charge is -2.17. The molecule has 0 aromatic heterocycles. The largest absolute Gasteiger partial charge is 0.326 e. The van der Waals surface area contributed by atoms with Crippen molar-refractivity contribution < 1.29 is 0 Å². The van der Waals surface area contributed by atoms with Crippen molar-refractivity contribution in [2.24, 2.45) is 11.7 Å². The fourth-order valence-electron chi connectivity index (χ4n) is 2.51. The lowest BCUT2D eigenvalue weighted by atomic mass is 9.89. The van der Waals surface area contributed by atoms with Crippen LogP contribution in [0.4, 0.5) is 0 Å². The van der Waals surface area contributed by atoms with E-state index in [1.165, 1.54) is 28.7 Å². The van der Waals surface area contributed by atoms with E-state index >= 15 is 0 Å². The van der Waals surface area contributed by atoms with Crippen molar-refractivity contribution in [2.75, 3.05) is 0 Å². The molecule has 0 heterocycles. The predicted octanol–water partition coefficient (Wildman–Crippen LogP) is 4.46. The third-order valence-corrected chi connectivity index (χ3v) is 3.57. The van der Waals surface area contributed by atoms with Gasteiger partial charge < -0.3 is 5.73 Å². The first-order chi connectivity index (χ1) is 9.22. The van der Waals surface area contributed by atoms with Crippen LogP contribution in [-0.2, 0) is 6.54 Å². The van der Waals surface area contributed by atoms with Gasteiger partial charge in [-0.15, -0.1) is 0 Å². The minimum Gasteiger partial charge on any atom is -0.326 e. The Bertz CT molecular complexity index is 518. The molecule has 2 rings (SSSR count). The Morgan fingerprint density at radius 2 is 1.84 bits per heavy atom. The molecule has 1 aromatic rings. The summed E-state index contributed by atoms with van der Waals surface area (Å²) in [6.07, 6.45) is 11.5. The van der Waals surface area contributed by atoms with Crippen molar-refractivity contribution in [3.05, 3.63) is 64.8 Å². The number of benzene rings is 1. The van der Waals surface area contributed by atoms with Gasteiger partial charge in [0, 0.05) is 6.54 Å². The number of allylic oxidation sites excluding steroid dienone is 5. The fraction of sp³-hybridized carbons (Fsp3) is 0.333. The molecule has 100 valence electrons. The first kappa shape index (κ1) is 13.8. The van der Waals surface area contributed by atoms with E-state index in [9.17, 15) is 0 Å². The van der Waals surface area contributed by atoms with E-state index in [-0.39, 0.29) is 0 Å². The van der Waals surface area contributed by atoms with E-state index in [4.69, 9.17) is 5.73 Å². The van der Waals surface area contributed by atoms with Crippen LogP contribution < -0.4 is 5.73 Å². The third-order valence-electron chi connectivity index (χ3n) is 3.57. The van der Waals surface area contributed by atoms with Crippen LogP contribution in [-0.4, -0.2) is 0 Å². The van der Waals surface area contributed by atoms with Crippen LogP contribution in [0.1, 0.15) is 37.8 Å². The molecule has 1 heteroatoms. The van der Waals surface area contributed by atoms with Crippen LogP contribution in [0.3, 0.4) is 0 Å². The van der Waals surface area contributed by atoms with E-state index in [1.807, 2.05) is 6.07 Å². The van der Waals surface area contributed by atoms with Crippen LogP contribution in [0.25, 0.3) is 6.08 Å². The molecule has 1 aliphatic carbocycles. The van der Waals surface area contributed by atoms with Gasteiger partial charge >= 0.3 is 0 Å². The second kappa shape index (κ2) is 6.53. The molecule has 0 atom stereocenters. The molecule has 0 fully saturated rings. The molecule has 2 N–H and O–H groups in total. The van der Waals surface area contributed by atoms with E-state index in [2.05, 4.69) is 56.4 Å². The predicted molar refractivity (Wildman–Crippen MR) is 83.6 cm³/mol. The third kappa shape index (κ3) is 3.45. The highest BCUT2D eigenvalue weighted by Crippen LogP contribution is 2.27. The summed E-state index contributed by atoms with van der Waals surface area (Å²) in [5, 5.41) is 0. The van der Waals surface area contributed by atoms with Crippen molar-refractivity contribution in [1.82, 2.24) is 0 Å². The maximum Gasteiger partial charge on any atom is 0.0184 e. The molecule has 0 aliphatic heterocycles. The highest BCUT2D eigenvalue weighted by Gasteiger charge is 2.09. The highest BCUT2D eigenvalue weighted by molar-refractivity contribution is 5.60. The first-order valence-corrected chi connectivity index (χ1v) is 7.09. The number of nitrogens with two attached hydrogens (primary N) is 1. The second-order valence-electron chi connectivity index (χ2n) is 5.29. The van der Waals surface area contributed by atoms with E-state index < -0.39 is 0 Å². The zero-order valence-corrected chi connectivity index (χ0v) is 11.9. The van der Waals surface area contributed by atoms with Gasteiger partial charge in [-0.1, -0.05) is 62.4 Å². The Hall–Kier alpha value is -1.60. The lowest BCUT2D eigenvalue weighted by Crippen LogP contribution is -2.01. The van der Waals surface area contributed by atoms with Crippen LogP contribution in [0.5, 0.6) is 0 Å². The van der Waals surface area contributed by atoms with Crippen molar-refractivity contribution in [2.45, 2.75) is 33.2 Å². The molecule has 1 aliphatic rings. The minimum atomic E-state index is 0.584. The van der Waals surface area contributed by atoms with Gasteiger partial charge in [-0.05, 0) is 41.0 Å². The Kier molecular flexibility index (Phi) is 4.75. The Morgan fingerprint density at radius 3 is 2.58 bits per heavy atom. The van der Waals surface area contributed by atoms with Crippen molar-refractivity contribution >= 4 is 6.08 Å². The molecular formula is C18H23N. The van der Waals surface area contributed by atoms with Gasteiger partial charge in [-0.3, -0.25) is 0 Å². The van der Waals surface area contributed by atoms with Gasteiger partial charge in [-0.2, -0.15) is 0 Å². The normalized spacial score (nSPS) is 15.8. The molecule has 0 saturated carbocycles. The molecular weight excluding hydrogens is 230 g/mol. The van der Waals surface area contributed by atoms with E-state index in [0.29, 0.717) is 12.5 Å². The van der Waals surface area contributed by atoms with Gasteiger partial charge in [0.2, 0.25) is 0 Å². The molecule has 0 bridgehead atoms. The lowest BCUT2D eigenvalue weighted by molar-refractivity contribution is 0.763. The van der Waals surface area contributed by atoms with E-state index in [0.717, 1.165) is 6.42 Å². The smallest absolute Gasteiger partial charge is 0.0184 e. The summed E-state index contributed by atoms with van der Waals surface area (Å²) in [5.41, 5.74) is 11.0. The van der Waals surface area contributed by atoms with Crippen molar-refractivity contribution in [1.29, 1.82) is 0 Å². The molecule has 0 amide bonds. The molecule has 0 radical (unpaired) electrons. The topological polar surface area (TPSA) is 26.0 Å². The number of hydrogen-bond acceptors (Lipinski definition) is 1. The Balaban J connectivity index is 2.22. The van der Waals surface area contributed by atoms with Crippen LogP contribution in [0.2, 0.25) is 0 Å². The average molecular weight is 253 g/mol. The van der Waals surface area contributed by atoms with Crippen LogP contribution in [0, 0.1) is 5.92 Å². The monoisotopic (exact) mass is 253 g/mol. The first-order valence-electron chi connectivity index (χ1n) is 7.09. The zero-order chi connectivity index (χ0) is 13.7. The average Bonchev–Trinajstić information content (AvgIpc) is 2.45. The zero-order valence-electron chi connectivity index (χ0n) is 11.9. The molecule has 19 heavy (non-hydrogen) atoms. The molecule has 0 spiro atoms. The van der Waals surface area contributed by atoms with Crippen LogP contribution >= 0.6 is 0 Å². The highest BCUT2D eigenvalue weighted by atomic mass is 14.5. The van der Waals surface area contributed by atoms with Crippen molar-refractivity contribution in [3.63, 3.8) is 0 Å². The maximum absolute atomic E-state index is 5.78. The van der Waals surface area contributed by atoms with Gasteiger partial charge in [0.05, 0.1) is 0 Å². The second-order valence-corrected chi connectivity index (χ2v) is 5.29. The summed E-state index contributed by atoms with van der Waals surface area (Å²) in [5.74, 6) is 0.584. The van der Waals surface area contributed by atoms with Crippen LogP contribution in [0.15, 0.2) is 53.6 Å². The summed E-state index contributed by atoms with van der Waals surface area (Å²) in [4.78, 5) is 0. The van der Waals surface area contributed by atoms with Gasteiger partial charge in [0.25, 0.3) is 0 Å². The van der Waals surface area contributed by atoms with Gasteiger partial charge in [-0.25, -0.2) is 0 Å². The maximum atomic E-state index is 5.78. The summed E-state index contributed by atoms with van der Waals surface area (Å²) in [6, 6.07) is 8.32. The molecule has 0 unspecified atom stereocenters. The van der Waals surface area contributed by atoms with E-state index in [1.54, 1.807) is 0 Å². The SMILES string of the molecule is CC(C)C1=CCCC=C1/C=C\c1ccccc1CN. The van der Waals surface area contributed by atoms with Gasteiger partial charge in [0.1, 0.15) is 0 Å². The van der Waals surface area contributed by atoms with Crippen molar-refractivity contribution in [3.8, 4) is 0 Å². The van der Waals surface area contributed by atoms with Gasteiger partial charge in [0.15, 0.2) is 0 Å². The summed E-state index contributed by atoms with van der Waals surface area (Å²) in [6.45, 7) is 5.10. The standard InChI is InChI=1S/C18H23N/c1-14(2)18-10-6-5-8-16(18)12-11-15-7-3-4-9-17(15)13-19/h3-4,7-12,14H,5-6,13,19H2,1-2H3/b12-11-. The Morgan fingerprint density at radius 1 is 1.11 bits per heavy atom. The summed E-state index contributed by atoms with van der Waals surface area (Å²) < 4.78 is 0. The number of rotatable bonds is 4. The quantitative estimate of drug-likeness (QED) is 0.842. The molecule has 1 nitrogen and oxygen atoms in total. The fourth-order valence-corrected chi connectivity index (χ4v) is 2.51. The number of hydrogen-bond donors (Lipinski definition) is 1. The molecule has 1 aromatic carbocycles. The summed E-state index contributed by atoms with van der Waals surface area (Å²) >= 11 is 0. The molecule has 0 saturated heterocycles. The Labute approximate surface area is 116 Å².